The predicted octanol–water partition coefficient (Wildman–Crippen LogP) is 2.83. The van der Waals surface area contributed by atoms with Crippen LogP contribution in [0, 0.1) is 0 Å². The van der Waals surface area contributed by atoms with E-state index in [0.717, 1.165) is 6.42 Å². The van der Waals surface area contributed by atoms with Crippen LogP contribution < -0.4 is 0 Å². The van der Waals surface area contributed by atoms with E-state index in [9.17, 15) is 4.79 Å². The summed E-state index contributed by atoms with van der Waals surface area (Å²) in [5, 5.41) is 8.68. The standard InChI is InChI=1S/C13H27NO3/c1-4-5-6-7-8-9-10-11-17-14(2,3)12-13(15)16/h4-12H2,1-3H3/p+1. The average molecular weight is 246 g/mol. The zero-order valence-corrected chi connectivity index (χ0v) is 11.6. The molecule has 0 saturated heterocycles. The number of unbranched alkanes of at least 4 members (excludes halogenated alkanes) is 6. The van der Waals surface area contributed by atoms with Crippen LogP contribution >= 0.6 is 0 Å². The molecule has 0 heterocycles. The molecule has 0 atom stereocenters. The van der Waals surface area contributed by atoms with Crippen molar-refractivity contribution in [1.82, 2.24) is 0 Å². The molecule has 0 unspecified atom stereocenters. The van der Waals surface area contributed by atoms with E-state index < -0.39 is 5.97 Å². The molecule has 0 aromatic rings. The minimum Gasteiger partial charge on any atom is -0.477 e. The van der Waals surface area contributed by atoms with Crippen LogP contribution in [-0.4, -0.2) is 43.0 Å². The van der Waals surface area contributed by atoms with Crippen molar-refractivity contribution in [3.8, 4) is 0 Å². The van der Waals surface area contributed by atoms with Gasteiger partial charge in [-0.15, -0.1) is 0 Å². The first kappa shape index (κ1) is 16.4. The summed E-state index contributed by atoms with van der Waals surface area (Å²) >= 11 is 0. The lowest BCUT2D eigenvalue weighted by molar-refractivity contribution is -1.07. The Balaban J connectivity index is 3.35. The number of nitrogens with zero attached hydrogens (tertiary/aromatic N) is 1. The second-order valence-corrected chi connectivity index (χ2v) is 5.08. The van der Waals surface area contributed by atoms with Gasteiger partial charge in [0.25, 0.3) is 0 Å². The number of carboxylic acid groups (broad SMARTS) is 1. The fourth-order valence-electron chi connectivity index (χ4n) is 1.74. The summed E-state index contributed by atoms with van der Waals surface area (Å²) in [6, 6.07) is 0. The molecule has 0 rings (SSSR count). The smallest absolute Gasteiger partial charge is 0.362 e. The molecule has 17 heavy (non-hydrogen) atoms. The van der Waals surface area contributed by atoms with E-state index in [1.54, 1.807) is 14.1 Å². The van der Waals surface area contributed by atoms with Gasteiger partial charge in [0.2, 0.25) is 6.54 Å². The summed E-state index contributed by atoms with van der Waals surface area (Å²) in [6.45, 7) is 2.88. The molecular weight excluding hydrogens is 218 g/mol. The molecule has 0 aromatic carbocycles. The Kier molecular flexibility index (Phi) is 9.09. The summed E-state index contributed by atoms with van der Waals surface area (Å²) in [4.78, 5) is 16.1. The molecule has 102 valence electrons. The second kappa shape index (κ2) is 9.42. The second-order valence-electron chi connectivity index (χ2n) is 5.08. The molecule has 0 aliphatic carbocycles. The lowest BCUT2D eigenvalue weighted by atomic mass is 10.1. The SMILES string of the molecule is CCCCCCCCCO[N+](C)(C)CC(=O)O. The molecule has 4 heteroatoms. The van der Waals surface area contributed by atoms with E-state index in [1.807, 2.05) is 0 Å². The maximum atomic E-state index is 10.6. The minimum atomic E-state index is -0.824. The normalized spacial score (nSPS) is 11.7. The molecular formula is C13H28NO3+. The predicted molar refractivity (Wildman–Crippen MR) is 68.6 cm³/mol. The first-order chi connectivity index (χ1) is 7.98. The Hall–Kier alpha value is -0.610. The fourth-order valence-corrected chi connectivity index (χ4v) is 1.74. The quantitative estimate of drug-likeness (QED) is 0.346. The number of quaternary nitrogens is 1. The van der Waals surface area contributed by atoms with E-state index in [1.165, 1.54) is 38.5 Å². The van der Waals surface area contributed by atoms with Crippen molar-refractivity contribution in [3.63, 3.8) is 0 Å². The van der Waals surface area contributed by atoms with Crippen LogP contribution in [0.4, 0.5) is 0 Å². The van der Waals surface area contributed by atoms with E-state index in [0.29, 0.717) is 6.61 Å². The Morgan fingerprint density at radius 2 is 1.59 bits per heavy atom. The third-order valence-corrected chi connectivity index (χ3v) is 2.70. The van der Waals surface area contributed by atoms with Crippen molar-refractivity contribution in [2.75, 3.05) is 27.2 Å². The Bertz CT molecular complexity index is 205. The van der Waals surface area contributed by atoms with Gasteiger partial charge in [0.05, 0.1) is 14.1 Å². The Morgan fingerprint density at radius 3 is 2.12 bits per heavy atom. The summed E-state index contributed by atoms with van der Waals surface area (Å²) < 4.78 is 0.102. The topological polar surface area (TPSA) is 46.5 Å². The van der Waals surface area contributed by atoms with Crippen molar-refractivity contribution in [3.05, 3.63) is 0 Å². The summed E-state index contributed by atoms with van der Waals surface area (Å²) in [5.41, 5.74) is 0. The number of aliphatic carboxylic acids is 1. The van der Waals surface area contributed by atoms with Gasteiger partial charge in [-0.2, -0.15) is 4.65 Å². The molecule has 0 aromatic heterocycles. The van der Waals surface area contributed by atoms with Crippen LogP contribution in [0.5, 0.6) is 0 Å². The van der Waals surface area contributed by atoms with Gasteiger partial charge in [0, 0.05) is 0 Å². The number of rotatable bonds is 11. The molecule has 0 bridgehead atoms. The van der Waals surface area contributed by atoms with Gasteiger partial charge < -0.3 is 5.11 Å². The van der Waals surface area contributed by atoms with Crippen LogP contribution in [0.1, 0.15) is 51.9 Å². The van der Waals surface area contributed by atoms with Crippen LogP contribution in [0.15, 0.2) is 0 Å². The molecule has 0 aliphatic heterocycles. The average Bonchev–Trinajstić information content (AvgIpc) is 2.20. The number of likely N-dealkylation sites (N-methyl/N-ethyl adjacent to an activating group) is 1. The van der Waals surface area contributed by atoms with Crippen LogP contribution in [0.25, 0.3) is 0 Å². The van der Waals surface area contributed by atoms with E-state index in [-0.39, 0.29) is 11.2 Å². The van der Waals surface area contributed by atoms with Crippen molar-refractivity contribution in [2.45, 2.75) is 51.9 Å². The van der Waals surface area contributed by atoms with Crippen LogP contribution in [0.3, 0.4) is 0 Å². The zero-order valence-electron chi connectivity index (χ0n) is 11.6. The van der Waals surface area contributed by atoms with Crippen molar-refractivity contribution in [1.29, 1.82) is 0 Å². The molecule has 0 saturated carbocycles. The highest BCUT2D eigenvalue weighted by molar-refractivity contribution is 5.67. The Morgan fingerprint density at radius 1 is 1.06 bits per heavy atom. The number of hydrogen-bond donors (Lipinski definition) is 1. The minimum absolute atomic E-state index is 0.0104. The number of hydroxylamine groups is 3. The van der Waals surface area contributed by atoms with Crippen molar-refractivity contribution < 1.29 is 19.4 Å². The van der Waals surface area contributed by atoms with Gasteiger partial charge in [-0.05, 0) is 6.42 Å². The van der Waals surface area contributed by atoms with Gasteiger partial charge in [-0.25, -0.2) is 9.63 Å². The fraction of sp³-hybridized carbons (Fsp3) is 0.923. The number of carboxylic acids is 1. The van der Waals surface area contributed by atoms with E-state index in [4.69, 9.17) is 9.94 Å². The van der Waals surface area contributed by atoms with Crippen molar-refractivity contribution >= 4 is 5.97 Å². The number of hydrogen-bond acceptors (Lipinski definition) is 2. The summed E-state index contributed by atoms with van der Waals surface area (Å²) in [6.07, 6.45) is 8.71. The number of carbonyl (C=O) groups is 1. The first-order valence-electron chi connectivity index (χ1n) is 6.67. The third-order valence-electron chi connectivity index (χ3n) is 2.70. The zero-order chi connectivity index (χ0) is 13.1. The van der Waals surface area contributed by atoms with Gasteiger partial charge >= 0.3 is 5.97 Å². The van der Waals surface area contributed by atoms with Gasteiger partial charge in [-0.3, -0.25) is 0 Å². The highest BCUT2D eigenvalue weighted by Crippen LogP contribution is 2.08. The molecule has 1 N–H and O–H groups in total. The molecule has 4 nitrogen and oxygen atoms in total. The van der Waals surface area contributed by atoms with Crippen LogP contribution in [0.2, 0.25) is 0 Å². The van der Waals surface area contributed by atoms with Crippen molar-refractivity contribution in [2.24, 2.45) is 0 Å². The highest BCUT2D eigenvalue weighted by Gasteiger charge is 2.20. The molecule has 0 amide bonds. The lowest BCUT2D eigenvalue weighted by Crippen LogP contribution is -2.43. The van der Waals surface area contributed by atoms with Gasteiger partial charge in [0.15, 0.2) is 0 Å². The van der Waals surface area contributed by atoms with E-state index in [2.05, 4.69) is 6.92 Å². The summed E-state index contributed by atoms with van der Waals surface area (Å²) in [5.74, 6) is -0.824. The highest BCUT2D eigenvalue weighted by atomic mass is 16.7. The first-order valence-corrected chi connectivity index (χ1v) is 6.67. The Labute approximate surface area is 105 Å². The molecule has 0 fully saturated rings. The summed E-state index contributed by atoms with van der Waals surface area (Å²) in [7, 11) is 3.55. The van der Waals surface area contributed by atoms with Gasteiger partial charge in [0.1, 0.15) is 6.61 Å². The molecule has 0 spiro atoms. The maximum Gasteiger partial charge on any atom is 0.362 e. The van der Waals surface area contributed by atoms with E-state index >= 15 is 0 Å². The molecule has 0 aliphatic rings. The molecule has 0 radical (unpaired) electrons. The van der Waals surface area contributed by atoms with Crippen LogP contribution in [-0.2, 0) is 9.63 Å². The largest absolute Gasteiger partial charge is 0.477 e. The maximum absolute atomic E-state index is 10.6. The monoisotopic (exact) mass is 246 g/mol. The lowest BCUT2D eigenvalue weighted by Gasteiger charge is -2.24. The van der Waals surface area contributed by atoms with Gasteiger partial charge in [-0.1, -0.05) is 45.4 Å². The third kappa shape index (κ3) is 11.6.